The van der Waals surface area contributed by atoms with Crippen molar-refractivity contribution in [3.8, 4) is 5.75 Å². The Bertz CT molecular complexity index is 467. The molecule has 0 amide bonds. The van der Waals surface area contributed by atoms with Gasteiger partial charge in [-0.15, -0.1) is 0 Å². The molecule has 0 aliphatic carbocycles. The van der Waals surface area contributed by atoms with Crippen molar-refractivity contribution in [2.75, 3.05) is 7.11 Å². The highest BCUT2D eigenvalue weighted by Gasteiger charge is 2.41. The second-order valence-electron chi connectivity index (χ2n) is 4.06. The zero-order valence-electron chi connectivity index (χ0n) is 10.1. The number of hydrogen-bond acceptors (Lipinski definition) is 2. The Hall–Kier alpha value is -1.23. The van der Waals surface area contributed by atoms with Crippen LogP contribution in [-0.4, -0.2) is 19.1 Å². The molecule has 1 aromatic carbocycles. The van der Waals surface area contributed by atoms with E-state index in [0.717, 1.165) is 6.07 Å². The Kier molecular flexibility index (Phi) is 4.27. The van der Waals surface area contributed by atoms with Gasteiger partial charge < -0.3 is 4.74 Å². The maximum atomic E-state index is 12.5. The number of ether oxygens (including phenoxy) is 1. The second-order valence-corrected chi connectivity index (χ2v) is 4.49. The summed E-state index contributed by atoms with van der Waals surface area (Å²) in [4.78, 5) is 11.3. The largest absolute Gasteiger partial charge is 0.496 e. The van der Waals surface area contributed by atoms with Gasteiger partial charge in [-0.3, -0.25) is 4.79 Å². The predicted octanol–water partition coefficient (Wildman–Crippen LogP) is 4.22. The standard InChI is InChI=1S/C12H12ClF3O2/c1-6(2)8-4-7(13)5-9(10(8)18-3)11(17)12(14,15)16/h4-6H,1-3H3. The normalized spacial score (nSPS) is 11.8. The van der Waals surface area contributed by atoms with Crippen LogP contribution < -0.4 is 4.74 Å². The maximum absolute atomic E-state index is 12.5. The Morgan fingerprint density at radius 3 is 2.28 bits per heavy atom. The summed E-state index contributed by atoms with van der Waals surface area (Å²) in [6, 6.07) is 2.47. The molecule has 100 valence electrons. The van der Waals surface area contributed by atoms with Crippen molar-refractivity contribution in [3.63, 3.8) is 0 Å². The van der Waals surface area contributed by atoms with Gasteiger partial charge in [0.1, 0.15) is 5.75 Å². The van der Waals surface area contributed by atoms with Gasteiger partial charge >= 0.3 is 6.18 Å². The van der Waals surface area contributed by atoms with Crippen LogP contribution in [0.4, 0.5) is 13.2 Å². The number of rotatable bonds is 3. The van der Waals surface area contributed by atoms with E-state index in [1.165, 1.54) is 13.2 Å². The molecule has 2 nitrogen and oxygen atoms in total. The van der Waals surface area contributed by atoms with Crippen LogP contribution >= 0.6 is 11.6 Å². The molecule has 1 aromatic rings. The highest BCUT2D eigenvalue weighted by atomic mass is 35.5. The molecule has 0 fully saturated rings. The van der Waals surface area contributed by atoms with Crippen LogP contribution in [0.1, 0.15) is 35.7 Å². The van der Waals surface area contributed by atoms with Crippen molar-refractivity contribution in [2.45, 2.75) is 25.9 Å². The third-order valence-corrected chi connectivity index (χ3v) is 2.63. The molecule has 0 unspecified atom stereocenters. The lowest BCUT2D eigenvalue weighted by atomic mass is 9.97. The number of carbonyl (C=O) groups is 1. The van der Waals surface area contributed by atoms with E-state index in [1.807, 2.05) is 0 Å². The molecule has 0 N–H and O–H groups in total. The van der Waals surface area contributed by atoms with Crippen molar-refractivity contribution in [1.29, 1.82) is 0 Å². The van der Waals surface area contributed by atoms with E-state index < -0.39 is 17.5 Å². The maximum Gasteiger partial charge on any atom is 0.455 e. The third-order valence-electron chi connectivity index (χ3n) is 2.41. The first kappa shape index (κ1) is 14.8. The first-order valence-corrected chi connectivity index (χ1v) is 5.55. The number of ketones is 1. The first-order valence-electron chi connectivity index (χ1n) is 5.17. The van der Waals surface area contributed by atoms with E-state index >= 15 is 0 Å². The SMILES string of the molecule is COc1c(C(=O)C(F)(F)F)cc(Cl)cc1C(C)C. The number of carbonyl (C=O) groups excluding carboxylic acids is 1. The fraction of sp³-hybridized carbons (Fsp3) is 0.417. The van der Waals surface area contributed by atoms with E-state index in [1.54, 1.807) is 13.8 Å². The van der Waals surface area contributed by atoms with Crippen molar-refractivity contribution < 1.29 is 22.7 Å². The van der Waals surface area contributed by atoms with Crippen LogP contribution in [0.25, 0.3) is 0 Å². The minimum Gasteiger partial charge on any atom is -0.496 e. The first-order chi connectivity index (χ1) is 8.18. The summed E-state index contributed by atoms with van der Waals surface area (Å²) in [7, 11) is 1.22. The zero-order chi connectivity index (χ0) is 14.1. The monoisotopic (exact) mass is 280 g/mol. The smallest absolute Gasteiger partial charge is 0.455 e. The van der Waals surface area contributed by atoms with E-state index in [-0.39, 0.29) is 16.7 Å². The van der Waals surface area contributed by atoms with Gasteiger partial charge in [0, 0.05) is 5.02 Å². The molecule has 0 atom stereocenters. The predicted molar refractivity (Wildman–Crippen MR) is 62.5 cm³/mol. The van der Waals surface area contributed by atoms with Crippen LogP contribution in [0.2, 0.25) is 5.02 Å². The minimum atomic E-state index is -4.95. The van der Waals surface area contributed by atoms with Crippen molar-refractivity contribution >= 4 is 17.4 Å². The Morgan fingerprint density at radius 2 is 1.89 bits per heavy atom. The summed E-state index contributed by atoms with van der Waals surface area (Å²) in [6.07, 6.45) is -4.95. The van der Waals surface area contributed by atoms with E-state index in [2.05, 4.69) is 0 Å². The van der Waals surface area contributed by atoms with Crippen LogP contribution in [-0.2, 0) is 0 Å². The Labute approximate surface area is 108 Å². The van der Waals surface area contributed by atoms with Crippen LogP contribution in [0, 0.1) is 0 Å². The number of Topliss-reactive ketones (excluding diaryl/α,β-unsaturated/α-hetero) is 1. The van der Waals surface area contributed by atoms with Gasteiger partial charge in [0.25, 0.3) is 5.78 Å². The Balaban J connectivity index is 3.48. The molecule has 0 aliphatic heterocycles. The van der Waals surface area contributed by atoms with Gasteiger partial charge in [0.05, 0.1) is 12.7 Å². The van der Waals surface area contributed by atoms with E-state index in [9.17, 15) is 18.0 Å². The quantitative estimate of drug-likeness (QED) is 0.775. The number of halogens is 4. The lowest BCUT2D eigenvalue weighted by Gasteiger charge is -2.16. The van der Waals surface area contributed by atoms with Gasteiger partial charge in [-0.1, -0.05) is 25.4 Å². The fourth-order valence-electron chi connectivity index (χ4n) is 1.59. The minimum absolute atomic E-state index is 0.0725. The van der Waals surface area contributed by atoms with Crippen LogP contribution in [0.15, 0.2) is 12.1 Å². The highest BCUT2D eigenvalue weighted by Crippen LogP contribution is 2.36. The molecule has 0 bridgehead atoms. The Morgan fingerprint density at radius 1 is 1.33 bits per heavy atom. The molecule has 0 spiro atoms. The van der Waals surface area contributed by atoms with Crippen LogP contribution in [0.5, 0.6) is 5.75 Å². The second kappa shape index (κ2) is 5.18. The lowest BCUT2D eigenvalue weighted by Crippen LogP contribution is -2.23. The summed E-state index contributed by atoms with van der Waals surface area (Å²) in [5.74, 6) is -2.14. The molecule has 18 heavy (non-hydrogen) atoms. The van der Waals surface area contributed by atoms with E-state index in [4.69, 9.17) is 16.3 Å². The van der Waals surface area contributed by atoms with Crippen molar-refractivity contribution in [2.24, 2.45) is 0 Å². The summed E-state index contributed by atoms with van der Waals surface area (Å²) in [5, 5.41) is 0.0760. The molecule has 0 aromatic heterocycles. The highest BCUT2D eigenvalue weighted by molar-refractivity contribution is 6.31. The number of benzene rings is 1. The van der Waals surface area contributed by atoms with Gasteiger partial charge in [0.15, 0.2) is 0 Å². The van der Waals surface area contributed by atoms with Gasteiger partial charge in [-0.25, -0.2) is 0 Å². The number of methoxy groups -OCH3 is 1. The molecule has 0 heterocycles. The molecule has 0 saturated carbocycles. The molecule has 1 rings (SSSR count). The van der Waals surface area contributed by atoms with Crippen molar-refractivity contribution in [1.82, 2.24) is 0 Å². The molecule has 0 saturated heterocycles. The average Bonchev–Trinajstić information content (AvgIpc) is 2.25. The summed E-state index contributed by atoms with van der Waals surface area (Å²) in [5.41, 5.74) is -0.0844. The van der Waals surface area contributed by atoms with Gasteiger partial charge in [-0.05, 0) is 23.6 Å². The molecule has 0 radical (unpaired) electrons. The van der Waals surface area contributed by atoms with Crippen molar-refractivity contribution in [3.05, 3.63) is 28.3 Å². The molecular formula is C12H12ClF3O2. The fourth-order valence-corrected chi connectivity index (χ4v) is 1.82. The summed E-state index contributed by atoms with van der Waals surface area (Å²) < 4.78 is 42.3. The number of alkyl halides is 3. The lowest BCUT2D eigenvalue weighted by molar-refractivity contribution is -0.0886. The van der Waals surface area contributed by atoms with Crippen LogP contribution in [0.3, 0.4) is 0 Å². The topological polar surface area (TPSA) is 26.3 Å². The molecule has 6 heteroatoms. The summed E-state index contributed by atoms with van der Waals surface area (Å²) >= 11 is 5.74. The molecule has 0 aliphatic rings. The van der Waals surface area contributed by atoms with Gasteiger partial charge in [0.2, 0.25) is 0 Å². The molecular weight excluding hydrogens is 269 g/mol. The number of hydrogen-bond donors (Lipinski definition) is 0. The average molecular weight is 281 g/mol. The third kappa shape index (κ3) is 2.96. The van der Waals surface area contributed by atoms with E-state index in [0.29, 0.717) is 5.56 Å². The summed E-state index contributed by atoms with van der Waals surface area (Å²) in [6.45, 7) is 3.55. The van der Waals surface area contributed by atoms with Gasteiger partial charge in [-0.2, -0.15) is 13.2 Å². The zero-order valence-corrected chi connectivity index (χ0v) is 10.8.